The summed E-state index contributed by atoms with van der Waals surface area (Å²) in [4.78, 5) is 96.5. The Kier molecular flexibility index (Phi) is 28.8. The number of esters is 1. The average Bonchev–Trinajstić information content (AvgIpc) is 1.65. The van der Waals surface area contributed by atoms with E-state index < -0.39 is 41.1 Å². The van der Waals surface area contributed by atoms with Crippen LogP contribution in [0, 0.1) is 0 Å². The molecule has 534 valence electrons. The lowest BCUT2D eigenvalue weighted by Gasteiger charge is -2.21. The highest BCUT2D eigenvalue weighted by Crippen LogP contribution is 2.31. The fraction of sp³-hybridized carbons (Fsp3) is 0.333. The second-order valence-electron chi connectivity index (χ2n) is 25.5. The first-order valence-electron chi connectivity index (χ1n) is 31.5. The predicted molar refractivity (Wildman–Crippen MR) is 391 cm³/mol. The number of halogens is 3. The van der Waals surface area contributed by atoms with Gasteiger partial charge < -0.3 is 53.0 Å². The van der Waals surface area contributed by atoms with Crippen LogP contribution in [0.2, 0.25) is 15.1 Å². The van der Waals surface area contributed by atoms with Crippen molar-refractivity contribution in [3.05, 3.63) is 178 Å². The molecule has 3 aromatic heterocycles. The summed E-state index contributed by atoms with van der Waals surface area (Å²) in [5, 5.41) is 11.6. The summed E-state index contributed by atoms with van der Waals surface area (Å²) in [5.74, 6) is 0.661. The van der Waals surface area contributed by atoms with Gasteiger partial charge >= 0.3 is 24.2 Å². The summed E-state index contributed by atoms with van der Waals surface area (Å²) in [6.45, 7) is 26.1. The normalized spacial score (nSPS) is 11.0. The number of nitrogens with zero attached hydrogens (tertiary/aromatic N) is 6. The molecule has 3 amide bonds. The maximum atomic E-state index is 12.9. The molecule has 0 unspecified atom stereocenters. The van der Waals surface area contributed by atoms with Crippen molar-refractivity contribution in [1.82, 2.24) is 13.7 Å². The number of fused-ring (bicyclic) bond motifs is 3. The molecule has 22 nitrogen and oxygen atoms in total. The highest BCUT2D eigenvalue weighted by atomic mass is 35.5. The zero-order chi connectivity index (χ0) is 74.7. The van der Waals surface area contributed by atoms with Crippen molar-refractivity contribution in [1.29, 1.82) is 0 Å². The number of rotatable bonds is 13. The number of anilines is 3. The van der Waals surface area contributed by atoms with Gasteiger partial charge in [-0.15, -0.1) is 0 Å². The van der Waals surface area contributed by atoms with E-state index >= 15 is 0 Å². The molecule has 0 aliphatic rings. The van der Waals surface area contributed by atoms with Crippen molar-refractivity contribution in [3.63, 3.8) is 0 Å². The van der Waals surface area contributed by atoms with Gasteiger partial charge in [0.25, 0.3) is 5.97 Å². The molecular formula is C75H87Cl3N6O16. The predicted octanol–water partition coefficient (Wildman–Crippen LogP) is 17.6. The summed E-state index contributed by atoms with van der Waals surface area (Å²) >= 11 is 18.4. The quantitative estimate of drug-likeness (QED) is 0.0832. The number of carboxylic acids is 1. The Morgan fingerprint density at radius 1 is 0.390 bits per heavy atom. The Morgan fingerprint density at radius 2 is 0.620 bits per heavy atom. The largest absolute Gasteiger partial charge is 0.487 e. The van der Waals surface area contributed by atoms with E-state index in [4.69, 9.17) is 73.1 Å². The van der Waals surface area contributed by atoms with Gasteiger partial charge in [0.1, 0.15) is 53.9 Å². The number of benzene rings is 6. The van der Waals surface area contributed by atoms with Crippen LogP contribution < -0.4 is 28.9 Å². The molecule has 0 saturated heterocycles. The fourth-order valence-electron chi connectivity index (χ4n) is 9.10. The molecule has 3 heterocycles. The van der Waals surface area contributed by atoms with Crippen LogP contribution in [0.4, 0.5) is 31.4 Å². The molecule has 0 bridgehead atoms. The van der Waals surface area contributed by atoms with Crippen molar-refractivity contribution < 1.29 is 76.6 Å². The van der Waals surface area contributed by atoms with E-state index in [1.54, 1.807) is 152 Å². The fourth-order valence-corrected chi connectivity index (χ4v) is 9.60. The molecule has 0 fully saturated rings. The molecule has 1 N–H and O–H groups in total. The van der Waals surface area contributed by atoms with Crippen LogP contribution in [0.3, 0.4) is 0 Å². The molecule has 0 aliphatic heterocycles. The first-order chi connectivity index (χ1) is 46.6. The minimum atomic E-state index is -0.833. The summed E-state index contributed by atoms with van der Waals surface area (Å²) in [5.41, 5.74) is 4.32. The topological polar surface area (TPSA) is 246 Å². The summed E-state index contributed by atoms with van der Waals surface area (Å²) in [7, 11) is 5.13. The number of aliphatic carboxylic acids is 1. The lowest BCUT2D eigenvalue weighted by Crippen LogP contribution is -2.28. The summed E-state index contributed by atoms with van der Waals surface area (Å²) < 4.78 is 43.3. The third-order valence-corrected chi connectivity index (χ3v) is 14.6. The van der Waals surface area contributed by atoms with Crippen LogP contribution in [0.5, 0.6) is 17.2 Å². The average molecular weight is 1430 g/mol. The molecule has 0 spiro atoms. The van der Waals surface area contributed by atoms with E-state index in [2.05, 4.69) is 4.74 Å². The molecule has 0 atom stereocenters. The molecule has 9 aromatic rings. The van der Waals surface area contributed by atoms with Gasteiger partial charge in [0.15, 0.2) is 0 Å². The number of carbonyl (C=O) groups excluding carboxylic acids is 7. The van der Waals surface area contributed by atoms with E-state index in [0.29, 0.717) is 72.6 Å². The number of hydrogen-bond donors (Lipinski definition) is 1. The van der Waals surface area contributed by atoms with Crippen molar-refractivity contribution in [2.75, 3.05) is 42.4 Å². The van der Waals surface area contributed by atoms with Crippen LogP contribution in [0.1, 0.15) is 121 Å². The van der Waals surface area contributed by atoms with Gasteiger partial charge in [0.2, 0.25) is 17.7 Å². The van der Waals surface area contributed by atoms with E-state index in [-0.39, 0.29) is 43.5 Å². The SMILES string of the molecule is CC(=O)N(C)c1ccc(OCc2cc3ccc(Cl)cc3n2C(=O)OC(C)(C)C)cc1.CC(=O)N(C)c1ccc(OCc2cc3ccc(Cl)cc3n2C(=O)OC(C)(C)C)cc1.CC(=O)N(C)c1ccc(OCc2cc3ccc(Cl)cc3n2C(=O)OC(C)(C)C)cc1.CC(=O)O.CCOC(C)=O. The minimum absolute atomic E-state index is 0.0517. The maximum absolute atomic E-state index is 12.9. The zero-order valence-corrected chi connectivity index (χ0v) is 61.8. The van der Waals surface area contributed by atoms with Gasteiger partial charge in [0.05, 0.1) is 40.2 Å². The Labute approximate surface area is 597 Å². The first-order valence-corrected chi connectivity index (χ1v) is 32.6. The van der Waals surface area contributed by atoms with Gasteiger partial charge in [-0.25, -0.2) is 28.1 Å². The molecule has 9 rings (SSSR count). The van der Waals surface area contributed by atoms with E-state index in [9.17, 15) is 33.6 Å². The van der Waals surface area contributed by atoms with E-state index in [1.165, 1.54) is 41.4 Å². The Morgan fingerprint density at radius 3 is 0.800 bits per heavy atom. The highest BCUT2D eigenvalue weighted by Gasteiger charge is 2.26. The number of hydrogen-bond acceptors (Lipinski definition) is 15. The van der Waals surface area contributed by atoms with Crippen molar-refractivity contribution in [2.24, 2.45) is 0 Å². The zero-order valence-electron chi connectivity index (χ0n) is 59.6. The number of ether oxygens (including phenoxy) is 7. The van der Waals surface area contributed by atoms with Crippen LogP contribution in [-0.4, -0.2) is 111 Å². The second kappa shape index (κ2) is 35.7. The summed E-state index contributed by atoms with van der Waals surface area (Å²) in [6.07, 6.45) is -1.47. The molecule has 0 aliphatic carbocycles. The third-order valence-electron chi connectivity index (χ3n) is 13.9. The molecule has 0 saturated carbocycles. The second-order valence-corrected chi connectivity index (χ2v) is 26.8. The molecule has 25 heteroatoms. The Bertz CT molecular complexity index is 3930. The number of amides is 3. The van der Waals surface area contributed by atoms with Gasteiger partial charge in [0, 0.05) is 104 Å². The molecule has 100 heavy (non-hydrogen) atoms. The van der Waals surface area contributed by atoms with Crippen LogP contribution in [0.15, 0.2) is 146 Å². The lowest BCUT2D eigenvalue weighted by atomic mass is 10.2. The molecule has 6 aromatic carbocycles. The van der Waals surface area contributed by atoms with Crippen molar-refractivity contribution in [2.45, 2.75) is 140 Å². The highest BCUT2D eigenvalue weighted by molar-refractivity contribution is 6.32. The number of carboxylic acid groups (broad SMARTS) is 1. The van der Waals surface area contributed by atoms with Crippen molar-refractivity contribution >= 4 is 133 Å². The lowest BCUT2D eigenvalue weighted by molar-refractivity contribution is -0.140. The van der Waals surface area contributed by atoms with Crippen molar-refractivity contribution in [3.8, 4) is 17.2 Å². The van der Waals surface area contributed by atoms with Gasteiger partial charge in [-0.2, -0.15) is 0 Å². The monoisotopic (exact) mass is 1430 g/mol. The molecular weight excluding hydrogens is 1350 g/mol. The molecule has 0 radical (unpaired) electrons. The van der Waals surface area contributed by atoms with E-state index in [0.717, 1.165) is 40.1 Å². The number of carbonyl (C=O) groups is 8. The van der Waals surface area contributed by atoms with Gasteiger partial charge in [-0.05, 0) is 197 Å². The van der Waals surface area contributed by atoms with Gasteiger partial charge in [-0.1, -0.05) is 53.0 Å². The van der Waals surface area contributed by atoms with Crippen LogP contribution >= 0.6 is 34.8 Å². The Hall–Kier alpha value is -10.0. The Balaban J connectivity index is 0.000000252. The van der Waals surface area contributed by atoms with Gasteiger partial charge in [-0.3, -0.25) is 24.0 Å². The van der Waals surface area contributed by atoms with E-state index in [1.807, 2.05) is 98.7 Å². The smallest absolute Gasteiger partial charge is 0.419 e. The minimum Gasteiger partial charge on any atom is -0.487 e. The van der Waals surface area contributed by atoms with Crippen LogP contribution in [0.25, 0.3) is 32.7 Å². The number of aromatic nitrogens is 3. The first kappa shape index (κ1) is 80.7. The third kappa shape index (κ3) is 24.7. The summed E-state index contributed by atoms with van der Waals surface area (Å²) in [6, 6.07) is 43.3. The standard InChI is InChI=1S/3C23H25ClN2O4.C4H8O2.C2H4O2/c3*1-15(27)25(5)18-8-10-20(11-9-18)29-14-19-12-16-6-7-17(24)13-21(16)26(19)22(28)30-23(2,3)4;1-3-6-4(2)5;1-2(3)4/h3*6-13H,14H2,1-5H3;3H2,1-2H3;1H3,(H,3,4). The maximum Gasteiger partial charge on any atom is 0.419 e. The van der Waals surface area contributed by atoms with Crippen LogP contribution in [-0.2, 0) is 62.7 Å².